The van der Waals surface area contributed by atoms with Gasteiger partial charge in [0.1, 0.15) is 0 Å². The third-order valence-corrected chi connectivity index (χ3v) is 1.53. The van der Waals surface area contributed by atoms with Gasteiger partial charge >= 0.3 is 0 Å². The maximum Gasteiger partial charge on any atom is 0.293 e. The van der Waals surface area contributed by atoms with E-state index in [1.54, 1.807) is 0 Å². The number of nitrogens with two attached hydrogens (primary N) is 1. The van der Waals surface area contributed by atoms with Crippen LogP contribution in [0.2, 0.25) is 0 Å². The van der Waals surface area contributed by atoms with Gasteiger partial charge in [-0.05, 0) is 6.92 Å². The quantitative estimate of drug-likeness (QED) is 0.584. The van der Waals surface area contributed by atoms with Gasteiger partial charge in [-0.15, -0.1) is 0 Å². The van der Waals surface area contributed by atoms with Crippen LogP contribution in [0, 0.1) is 0 Å². The molecule has 0 fully saturated rings. The summed E-state index contributed by atoms with van der Waals surface area (Å²) < 4.78 is 0. The van der Waals surface area contributed by atoms with Crippen LogP contribution in [0.15, 0.2) is 0 Å². The van der Waals surface area contributed by atoms with E-state index in [9.17, 15) is 9.59 Å². The Kier molecular flexibility index (Phi) is 3.70. The fraction of sp³-hybridized carbons (Fsp3) is 0.375. The molecule has 0 saturated carbocycles. The van der Waals surface area contributed by atoms with Gasteiger partial charge in [0, 0.05) is 13.5 Å². The number of Topliss-reactive ketones (excluding diaryl/α,β-unsaturated/α-hetero) is 1. The van der Waals surface area contributed by atoms with Crippen LogP contribution < -0.4 is 16.4 Å². The Morgan fingerprint density at radius 1 is 1.25 bits per heavy atom. The number of amides is 1. The lowest BCUT2D eigenvalue weighted by molar-refractivity contribution is -0.133. The molecule has 86 valence electrons. The standard InChI is InChI=1S/C8H12N6O2/c1-3-10-7-12-6(9)13-8(14-7)11-5(16)4(2)15/h3H2,1-2H3,(H4,9,10,11,12,13,14,16). The van der Waals surface area contributed by atoms with Crippen LogP contribution in [0.25, 0.3) is 0 Å². The van der Waals surface area contributed by atoms with E-state index in [1.165, 1.54) is 0 Å². The fourth-order valence-corrected chi connectivity index (χ4v) is 0.875. The first-order valence-electron chi connectivity index (χ1n) is 4.60. The lowest BCUT2D eigenvalue weighted by Crippen LogP contribution is -2.22. The third kappa shape index (κ3) is 3.15. The Morgan fingerprint density at radius 2 is 1.88 bits per heavy atom. The average Bonchev–Trinajstić information content (AvgIpc) is 2.16. The number of nitrogen functional groups attached to an aromatic ring is 1. The van der Waals surface area contributed by atoms with Crippen molar-refractivity contribution in [3.8, 4) is 0 Å². The van der Waals surface area contributed by atoms with Crippen molar-refractivity contribution >= 4 is 29.5 Å². The summed E-state index contributed by atoms with van der Waals surface area (Å²) in [4.78, 5) is 33.1. The molecule has 0 aliphatic heterocycles. The van der Waals surface area contributed by atoms with Crippen LogP contribution in [0.5, 0.6) is 0 Å². The van der Waals surface area contributed by atoms with Gasteiger partial charge in [-0.1, -0.05) is 0 Å². The van der Waals surface area contributed by atoms with Crippen molar-refractivity contribution in [1.82, 2.24) is 15.0 Å². The van der Waals surface area contributed by atoms with Crippen LogP contribution in [0.3, 0.4) is 0 Å². The lowest BCUT2D eigenvalue weighted by atomic mass is 10.4. The molecule has 0 spiro atoms. The minimum Gasteiger partial charge on any atom is -0.368 e. The molecule has 0 saturated heterocycles. The Hall–Kier alpha value is -2.25. The lowest BCUT2D eigenvalue weighted by Gasteiger charge is -2.05. The zero-order valence-corrected chi connectivity index (χ0v) is 8.94. The van der Waals surface area contributed by atoms with Crippen LogP contribution >= 0.6 is 0 Å². The molecule has 16 heavy (non-hydrogen) atoms. The highest BCUT2D eigenvalue weighted by Crippen LogP contribution is 2.06. The number of nitrogens with zero attached hydrogens (tertiary/aromatic N) is 3. The number of hydrogen-bond donors (Lipinski definition) is 3. The summed E-state index contributed by atoms with van der Waals surface area (Å²) >= 11 is 0. The molecule has 4 N–H and O–H groups in total. The van der Waals surface area contributed by atoms with Crippen LogP contribution in [0.4, 0.5) is 17.8 Å². The van der Waals surface area contributed by atoms with Gasteiger partial charge in [0.05, 0.1) is 0 Å². The van der Waals surface area contributed by atoms with Crippen LogP contribution in [0.1, 0.15) is 13.8 Å². The van der Waals surface area contributed by atoms with E-state index < -0.39 is 11.7 Å². The van der Waals surface area contributed by atoms with E-state index in [2.05, 4.69) is 25.6 Å². The first-order valence-corrected chi connectivity index (χ1v) is 4.60. The SMILES string of the molecule is CCNc1nc(N)nc(NC(=O)C(C)=O)n1. The maximum atomic E-state index is 11.1. The number of rotatable bonds is 4. The normalized spacial score (nSPS) is 9.62. The van der Waals surface area contributed by atoms with Gasteiger partial charge in [-0.3, -0.25) is 14.9 Å². The molecular weight excluding hydrogens is 212 g/mol. The van der Waals surface area contributed by atoms with Crippen molar-refractivity contribution < 1.29 is 9.59 Å². The van der Waals surface area contributed by atoms with Gasteiger partial charge in [0.2, 0.25) is 23.6 Å². The number of aromatic nitrogens is 3. The van der Waals surface area contributed by atoms with E-state index in [1.807, 2.05) is 6.92 Å². The molecule has 8 nitrogen and oxygen atoms in total. The number of nitrogens with one attached hydrogen (secondary N) is 2. The molecular formula is C8H12N6O2. The number of carbonyl (C=O) groups is 2. The number of anilines is 3. The van der Waals surface area contributed by atoms with Gasteiger partial charge in [-0.25, -0.2) is 0 Å². The highest BCUT2D eigenvalue weighted by atomic mass is 16.2. The Labute approximate surface area is 91.7 Å². The van der Waals surface area contributed by atoms with E-state index in [4.69, 9.17) is 5.73 Å². The highest BCUT2D eigenvalue weighted by Gasteiger charge is 2.11. The van der Waals surface area contributed by atoms with E-state index in [0.717, 1.165) is 6.92 Å². The molecule has 8 heteroatoms. The van der Waals surface area contributed by atoms with Crippen molar-refractivity contribution in [1.29, 1.82) is 0 Å². The van der Waals surface area contributed by atoms with Gasteiger partial charge in [0.25, 0.3) is 5.91 Å². The van der Waals surface area contributed by atoms with Crippen molar-refractivity contribution in [2.24, 2.45) is 0 Å². The minimum absolute atomic E-state index is 0.0372. The fourth-order valence-electron chi connectivity index (χ4n) is 0.875. The second-order valence-corrected chi connectivity index (χ2v) is 2.88. The molecule has 1 aromatic heterocycles. The maximum absolute atomic E-state index is 11.1. The molecule has 1 aromatic rings. The second-order valence-electron chi connectivity index (χ2n) is 2.88. The summed E-state index contributed by atoms with van der Waals surface area (Å²) in [5.74, 6) is -1.28. The molecule has 0 radical (unpaired) electrons. The predicted octanol–water partition coefficient (Wildman–Crippen LogP) is -0.587. The van der Waals surface area contributed by atoms with E-state index in [0.29, 0.717) is 6.54 Å². The molecule has 1 amide bonds. The molecule has 0 bridgehead atoms. The first-order chi connectivity index (χ1) is 7.52. The van der Waals surface area contributed by atoms with E-state index >= 15 is 0 Å². The van der Waals surface area contributed by atoms with Crippen LogP contribution in [-0.2, 0) is 9.59 Å². The zero-order chi connectivity index (χ0) is 12.1. The topological polar surface area (TPSA) is 123 Å². The average molecular weight is 224 g/mol. The van der Waals surface area contributed by atoms with E-state index in [-0.39, 0.29) is 17.8 Å². The Morgan fingerprint density at radius 3 is 2.44 bits per heavy atom. The summed E-state index contributed by atoms with van der Waals surface area (Å²) in [5.41, 5.74) is 5.40. The largest absolute Gasteiger partial charge is 0.368 e. The Bertz CT molecular complexity index is 419. The zero-order valence-electron chi connectivity index (χ0n) is 8.94. The molecule has 0 aliphatic rings. The summed E-state index contributed by atoms with van der Waals surface area (Å²) in [6.07, 6.45) is 0. The monoisotopic (exact) mass is 224 g/mol. The van der Waals surface area contributed by atoms with Gasteiger partial charge in [0.15, 0.2) is 0 Å². The summed E-state index contributed by atoms with van der Waals surface area (Å²) in [6.45, 7) is 3.60. The number of ketones is 1. The van der Waals surface area contributed by atoms with Gasteiger partial charge in [-0.2, -0.15) is 15.0 Å². The molecule has 0 aliphatic carbocycles. The molecule has 0 unspecified atom stereocenters. The van der Waals surface area contributed by atoms with Crippen LogP contribution in [-0.4, -0.2) is 33.2 Å². The molecule has 0 aromatic carbocycles. The third-order valence-electron chi connectivity index (χ3n) is 1.53. The molecule has 0 atom stereocenters. The smallest absolute Gasteiger partial charge is 0.293 e. The van der Waals surface area contributed by atoms with Crippen molar-refractivity contribution in [3.63, 3.8) is 0 Å². The number of carbonyl (C=O) groups excluding carboxylic acids is 2. The first kappa shape index (κ1) is 11.8. The predicted molar refractivity (Wildman–Crippen MR) is 57.7 cm³/mol. The second kappa shape index (κ2) is 5.01. The summed E-state index contributed by atoms with van der Waals surface area (Å²) in [6, 6.07) is 0. The minimum atomic E-state index is -0.798. The van der Waals surface area contributed by atoms with Crippen molar-refractivity contribution in [2.75, 3.05) is 22.9 Å². The molecule has 1 rings (SSSR count). The Balaban J connectivity index is 2.87. The van der Waals surface area contributed by atoms with Gasteiger partial charge < -0.3 is 11.1 Å². The van der Waals surface area contributed by atoms with Crippen molar-refractivity contribution in [2.45, 2.75) is 13.8 Å². The highest BCUT2D eigenvalue weighted by molar-refractivity contribution is 6.39. The summed E-state index contributed by atoms with van der Waals surface area (Å²) in [7, 11) is 0. The molecule has 1 heterocycles. The summed E-state index contributed by atoms with van der Waals surface area (Å²) in [5, 5.41) is 5.02. The van der Waals surface area contributed by atoms with Crippen molar-refractivity contribution in [3.05, 3.63) is 0 Å². The number of hydrogen-bond acceptors (Lipinski definition) is 7.